The zero-order valence-corrected chi connectivity index (χ0v) is 10.3. The zero-order valence-electron chi connectivity index (χ0n) is 10.3. The minimum absolute atomic E-state index is 0.0630. The Hall–Kier alpha value is -1.23. The van der Waals surface area contributed by atoms with Gasteiger partial charge in [0.05, 0.1) is 12.3 Å². The molecule has 0 amide bonds. The number of pyridine rings is 1. The standard InChI is InChI=1S/C13H17F2NO2/c1-9-5-6-12(8-16-9)17-10-3-2-4-11(7-10)18-13(14)15/h5-6,8,10-11,13H,2-4,7H2,1H3. The summed E-state index contributed by atoms with van der Waals surface area (Å²) in [5.41, 5.74) is 0.921. The second-order valence-corrected chi connectivity index (χ2v) is 4.56. The molecular formula is C13H17F2NO2. The van der Waals surface area contributed by atoms with Crippen LogP contribution in [0.4, 0.5) is 8.78 Å². The predicted octanol–water partition coefficient (Wildman–Crippen LogP) is 3.32. The van der Waals surface area contributed by atoms with Gasteiger partial charge in [0.1, 0.15) is 11.9 Å². The molecule has 1 fully saturated rings. The number of halogens is 2. The molecule has 0 N–H and O–H groups in total. The van der Waals surface area contributed by atoms with E-state index in [-0.39, 0.29) is 6.10 Å². The third-order valence-corrected chi connectivity index (χ3v) is 3.06. The van der Waals surface area contributed by atoms with Crippen LogP contribution in [0.5, 0.6) is 5.75 Å². The normalized spacial score (nSPS) is 24.2. The molecule has 100 valence electrons. The van der Waals surface area contributed by atoms with E-state index in [1.54, 1.807) is 6.20 Å². The van der Waals surface area contributed by atoms with Gasteiger partial charge in [-0.3, -0.25) is 4.98 Å². The highest BCUT2D eigenvalue weighted by atomic mass is 19.3. The van der Waals surface area contributed by atoms with Crippen molar-refractivity contribution in [2.24, 2.45) is 0 Å². The van der Waals surface area contributed by atoms with Gasteiger partial charge in [-0.2, -0.15) is 8.78 Å². The molecule has 0 radical (unpaired) electrons. The highest BCUT2D eigenvalue weighted by molar-refractivity contribution is 5.19. The van der Waals surface area contributed by atoms with Crippen LogP contribution in [0, 0.1) is 6.92 Å². The minimum Gasteiger partial charge on any atom is -0.489 e. The summed E-state index contributed by atoms with van der Waals surface area (Å²) < 4.78 is 34.6. The summed E-state index contributed by atoms with van der Waals surface area (Å²) in [7, 11) is 0. The van der Waals surface area contributed by atoms with Gasteiger partial charge in [-0.05, 0) is 38.3 Å². The number of ether oxygens (including phenoxy) is 2. The van der Waals surface area contributed by atoms with E-state index in [0.717, 1.165) is 18.5 Å². The molecular weight excluding hydrogens is 240 g/mol. The first-order valence-corrected chi connectivity index (χ1v) is 6.16. The number of aryl methyl sites for hydroxylation is 1. The molecule has 3 nitrogen and oxygen atoms in total. The number of aromatic nitrogens is 1. The van der Waals surface area contributed by atoms with Crippen LogP contribution in [0.25, 0.3) is 0 Å². The maximum atomic E-state index is 12.1. The molecule has 2 atom stereocenters. The Balaban J connectivity index is 1.87. The summed E-state index contributed by atoms with van der Waals surface area (Å²) in [6.45, 7) is -0.800. The van der Waals surface area contributed by atoms with Crippen molar-refractivity contribution < 1.29 is 18.3 Å². The lowest BCUT2D eigenvalue weighted by molar-refractivity contribution is -0.175. The van der Waals surface area contributed by atoms with Crippen molar-refractivity contribution in [3.63, 3.8) is 0 Å². The van der Waals surface area contributed by atoms with Crippen LogP contribution in [0.1, 0.15) is 31.4 Å². The molecule has 2 rings (SSSR count). The van der Waals surface area contributed by atoms with Crippen molar-refractivity contribution in [3.05, 3.63) is 24.0 Å². The predicted molar refractivity (Wildman–Crippen MR) is 62.7 cm³/mol. The van der Waals surface area contributed by atoms with Crippen molar-refractivity contribution in [1.82, 2.24) is 4.98 Å². The second kappa shape index (κ2) is 6.09. The number of rotatable bonds is 4. The van der Waals surface area contributed by atoms with Crippen molar-refractivity contribution >= 4 is 0 Å². The molecule has 0 bridgehead atoms. The second-order valence-electron chi connectivity index (χ2n) is 4.56. The maximum Gasteiger partial charge on any atom is 0.345 e. The van der Waals surface area contributed by atoms with Crippen LogP contribution >= 0.6 is 0 Å². The van der Waals surface area contributed by atoms with Gasteiger partial charge < -0.3 is 9.47 Å². The van der Waals surface area contributed by atoms with E-state index in [1.165, 1.54) is 0 Å². The summed E-state index contributed by atoms with van der Waals surface area (Å²) in [5, 5.41) is 0. The Morgan fingerprint density at radius 2 is 2.06 bits per heavy atom. The molecule has 0 aromatic carbocycles. The average molecular weight is 257 g/mol. The van der Waals surface area contributed by atoms with Gasteiger partial charge >= 0.3 is 6.61 Å². The van der Waals surface area contributed by atoms with Crippen LogP contribution in [0.3, 0.4) is 0 Å². The summed E-state index contributed by atoms with van der Waals surface area (Å²) >= 11 is 0. The summed E-state index contributed by atoms with van der Waals surface area (Å²) in [4.78, 5) is 4.14. The highest BCUT2D eigenvalue weighted by Crippen LogP contribution is 2.26. The molecule has 1 aromatic rings. The van der Waals surface area contributed by atoms with Gasteiger partial charge in [-0.25, -0.2) is 0 Å². The number of hydrogen-bond acceptors (Lipinski definition) is 3. The van der Waals surface area contributed by atoms with Crippen LogP contribution in [0.15, 0.2) is 18.3 Å². The van der Waals surface area contributed by atoms with Gasteiger partial charge in [0, 0.05) is 12.1 Å². The Morgan fingerprint density at radius 3 is 2.72 bits per heavy atom. The highest BCUT2D eigenvalue weighted by Gasteiger charge is 2.26. The van der Waals surface area contributed by atoms with Gasteiger partial charge in [0.2, 0.25) is 0 Å². The molecule has 0 spiro atoms. The molecule has 1 aliphatic carbocycles. The molecule has 1 heterocycles. The SMILES string of the molecule is Cc1ccc(OC2CCCC(OC(F)F)C2)cn1. The third kappa shape index (κ3) is 3.91. The Labute approximate surface area is 105 Å². The van der Waals surface area contributed by atoms with Crippen molar-refractivity contribution in [3.8, 4) is 5.75 Å². The smallest absolute Gasteiger partial charge is 0.345 e. The van der Waals surface area contributed by atoms with E-state index >= 15 is 0 Å². The fraction of sp³-hybridized carbons (Fsp3) is 0.615. The summed E-state index contributed by atoms with van der Waals surface area (Å²) in [6.07, 6.45) is 4.11. The van der Waals surface area contributed by atoms with Crippen LogP contribution < -0.4 is 4.74 Å². The summed E-state index contributed by atoms with van der Waals surface area (Å²) in [6, 6.07) is 3.71. The molecule has 1 aromatic heterocycles. The van der Waals surface area contributed by atoms with Gasteiger partial charge in [-0.15, -0.1) is 0 Å². The lowest BCUT2D eigenvalue weighted by atomic mass is 9.95. The molecule has 1 saturated carbocycles. The Morgan fingerprint density at radius 1 is 1.28 bits per heavy atom. The van der Waals surface area contributed by atoms with Gasteiger partial charge in [0.25, 0.3) is 0 Å². The van der Waals surface area contributed by atoms with E-state index in [1.807, 2.05) is 19.1 Å². The lowest BCUT2D eigenvalue weighted by Gasteiger charge is -2.29. The fourth-order valence-corrected chi connectivity index (χ4v) is 2.19. The number of nitrogens with zero attached hydrogens (tertiary/aromatic N) is 1. The topological polar surface area (TPSA) is 31.4 Å². The van der Waals surface area contributed by atoms with Crippen LogP contribution in [0.2, 0.25) is 0 Å². The van der Waals surface area contributed by atoms with E-state index in [2.05, 4.69) is 9.72 Å². The largest absolute Gasteiger partial charge is 0.489 e. The maximum absolute atomic E-state index is 12.1. The van der Waals surface area contributed by atoms with Crippen molar-refractivity contribution in [2.45, 2.75) is 51.4 Å². The van der Waals surface area contributed by atoms with Gasteiger partial charge in [-0.1, -0.05) is 0 Å². The molecule has 5 heteroatoms. The first-order chi connectivity index (χ1) is 8.63. The Bertz CT molecular complexity index is 370. The van der Waals surface area contributed by atoms with E-state index in [4.69, 9.17) is 4.74 Å². The van der Waals surface area contributed by atoms with Crippen molar-refractivity contribution in [2.75, 3.05) is 0 Å². The van der Waals surface area contributed by atoms with Crippen LogP contribution in [-0.2, 0) is 4.74 Å². The quantitative estimate of drug-likeness (QED) is 0.829. The Kier molecular flexibility index (Phi) is 4.47. The lowest BCUT2D eigenvalue weighted by Crippen LogP contribution is -2.31. The fourth-order valence-electron chi connectivity index (χ4n) is 2.19. The van der Waals surface area contributed by atoms with E-state index in [9.17, 15) is 8.78 Å². The van der Waals surface area contributed by atoms with Crippen LogP contribution in [-0.4, -0.2) is 23.8 Å². The molecule has 0 aliphatic heterocycles. The monoisotopic (exact) mass is 257 g/mol. The minimum atomic E-state index is -2.70. The molecule has 2 unspecified atom stereocenters. The molecule has 18 heavy (non-hydrogen) atoms. The van der Waals surface area contributed by atoms with Gasteiger partial charge in [0.15, 0.2) is 0 Å². The van der Waals surface area contributed by atoms with E-state index < -0.39 is 12.7 Å². The van der Waals surface area contributed by atoms with Crippen molar-refractivity contribution in [1.29, 1.82) is 0 Å². The first-order valence-electron chi connectivity index (χ1n) is 6.16. The zero-order chi connectivity index (χ0) is 13.0. The third-order valence-electron chi connectivity index (χ3n) is 3.06. The number of alkyl halides is 2. The molecule has 0 saturated heterocycles. The summed E-state index contributed by atoms with van der Waals surface area (Å²) in [5.74, 6) is 0.684. The number of hydrogen-bond donors (Lipinski definition) is 0. The molecule has 1 aliphatic rings. The average Bonchev–Trinajstić information content (AvgIpc) is 2.32. The van der Waals surface area contributed by atoms with E-state index in [0.29, 0.717) is 18.6 Å². The first kappa shape index (κ1) is 13.2.